The molecule has 1 saturated heterocycles. The number of hydrogen-bond acceptors (Lipinski definition) is 3. The Labute approximate surface area is 124 Å². The summed E-state index contributed by atoms with van der Waals surface area (Å²) >= 11 is 0. The fourth-order valence-electron chi connectivity index (χ4n) is 2.42. The highest BCUT2D eigenvalue weighted by atomic mass is 16.2. The molecule has 0 bridgehead atoms. The molecule has 1 aromatic rings. The average molecular weight is 290 g/mol. The van der Waals surface area contributed by atoms with Crippen LogP contribution < -0.4 is 11.1 Å². The van der Waals surface area contributed by atoms with Gasteiger partial charge < -0.3 is 16.0 Å². The van der Waals surface area contributed by atoms with Crippen molar-refractivity contribution in [3.8, 4) is 0 Å². The minimum absolute atomic E-state index is 0.105. The summed E-state index contributed by atoms with van der Waals surface area (Å²) in [5.74, 6) is -0.326. The zero-order chi connectivity index (χ0) is 15.4. The van der Waals surface area contributed by atoms with Crippen molar-refractivity contribution < 1.29 is 9.59 Å². The van der Waals surface area contributed by atoms with Gasteiger partial charge in [-0.15, -0.1) is 0 Å². The summed E-state index contributed by atoms with van der Waals surface area (Å²) in [5, 5.41) is 2.90. The number of carbonyl (C=O) groups is 2. The summed E-state index contributed by atoms with van der Waals surface area (Å²) in [6, 6.07) is 7.32. The number of nitrogens with two attached hydrogens (primary N) is 1. The van der Waals surface area contributed by atoms with Crippen molar-refractivity contribution in [1.82, 2.24) is 9.80 Å². The van der Waals surface area contributed by atoms with Gasteiger partial charge in [-0.3, -0.25) is 9.69 Å². The highest BCUT2D eigenvalue weighted by Gasteiger charge is 2.26. The molecule has 1 fully saturated rings. The molecular weight excluding hydrogens is 268 g/mol. The number of hydrogen-bond donors (Lipinski definition) is 2. The molecule has 1 aromatic carbocycles. The van der Waals surface area contributed by atoms with Gasteiger partial charge in [0, 0.05) is 31.9 Å². The van der Waals surface area contributed by atoms with E-state index in [1.807, 2.05) is 36.1 Å². The summed E-state index contributed by atoms with van der Waals surface area (Å²) in [6.07, 6.45) is 0. The number of urea groups is 1. The van der Waals surface area contributed by atoms with Gasteiger partial charge in [-0.05, 0) is 31.5 Å². The van der Waals surface area contributed by atoms with Crippen LogP contribution in [0.25, 0.3) is 0 Å². The van der Waals surface area contributed by atoms with E-state index in [-0.39, 0.29) is 18.0 Å². The summed E-state index contributed by atoms with van der Waals surface area (Å²) < 4.78 is 0. The molecule has 0 unspecified atom stereocenters. The lowest BCUT2D eigenvalue weighted by atomic mass is 10.2. The van der Waals surface area contributed by atoms with Gasteiger partial charge >= 0.3 is 6.03 Å². The Hall–Kier alpha value is -2.08. The Morgan fingerprint density at radius 2 is 1.90 bits per heavy atom. The summed E-state index contributed by atoms with van der Waals surface area (Å²) in [6.45, 7) is 6.28. The van der Waals surface area contributed by atoms with E-state index in [2.05, 4.69) is 5.32 Å². The molecule has 0 aromatic heterocycles. The lowest BCUT2D eigenvalue weighted by Gasteiger charge is -2.36. The molecule has 6 heteroatoms. The molecule has 21 heavy (non-hydrogen) atoms. The van der Waals surface area contributed by atoms with Gasteiger partial charge in [0.05, 0.1) is 6.04 Å². The van der Waals surface area contributed by atoms with Crippen LogP contribution in [0, 0.1) is 6.92 Å². The van der Waals surface area contributed by atoms with Crippen LogP contribution in [0.1, 0.15) is 12.5 Å². The maximum atomic E-state index is 12.2. The van der Waals surface area contributed by atoms with Crippen molar-refractivity contribution in [3.05, 3.63) is 29.8 Å². The van der Waals surface area contributed by atoms with Crippen LogP contribution in [-0.2, 0) is 4.79 Å². The first-order chi connectivity index (χ1) is 9.97. The van der Waals surface area contributed by atoms with Gasteiger partial charge in [-0.2, -0.15) is 0 Å². The highest BCUT2D eigenvalue weighted by molar-refractivity contribution is 5.89. The molecule has 1 heterocycles. The molecular formula is C15H22N4O2. The first-order valence-corrected chi connectivity index (χ1v) is 7.13. The molecule has 1 aliphatic heterocycles. The number of amides is 3. The predicted octanol–water partition coefficient (Wildman–Crippen LogP) is 1.02. The third-order valence-corrected chi connectivity index (χ3v) is 3.83. The monoisotopic (exact) mass is 290 g/mol. The normalized spacial score (nSPS) is 17.3. The number of nitrogens with one attached hydrogen (secondary N) is 1. The number of carbonyl (C=O) groups excluding carboxylic acids is 2. The van der Waals surface area contributed by atoms with Crippen molar-refractivity contribution in [2.75, 3.05) is 31.5 Å². The Kier molecular flexibility index (Phi) is 4.80. The van der Waals surface area contributed by atoms with Gasteiger partial charge in [0.25, 0.3) is 0 Å². The molecule has 6 nitrogen and oxygen atoms in total. The third kappa shape index (κ3) is 3.95. The van der Waals surface area contributed by atoms with Crippen LogP contribution in [0.3, 0.4) is 0 Å². The van der Waals surface area contributed by atoms with Crippen LogP contribution >= 0.6 is 0 Å². The highest BCUT2D eigenvalue weighted by Crippen LogP contribution is 2.12. The maximum absolute atomic E-state index is 12.2. The number of nitrogens with zero attached hydrogens (tertiary/aromatic N) is 2. The molecule has 0 radical (unpaired) electrons. The molecule has 2 rings (SSSR count). The molecule has 3 amide bonds. The van der Waals surface area contributed by atoms with Crippen molar-refractivity contribution in [2.24, 2.45) is 5.73 Å². The Balaban J connectivity index is 1.87. The summed E-state index contributed by atoms with van der Waals surface area (Å²) in [4.78, 5) is 27.1. The molecule has 1 aliphatic rings. The van der Waals surface area contributed by atoms with Crippen LogP contribution in [0.2, 0.25) is 0 Å². The van der Waals surface area contributed by atoms with Gasteiger partial charge in [0.15, 0.2) is 0 Å². The van der Waals surface area contributed by atoms with Crippen LogP contribution in [0.5, 0.6) is 0 Å². The summed E-state index contributed by atoms with van der Waals surface area (Å²) in [5.41, 5.74) is 7.21. The molecule has 0 saturated carbocycles. The second kappa shape index (κ2) is 6.58. The lowest BCUT2D eigenvalue weighted by Crippen LogP contribution is -2.55. The van der Waals surface area contributed by atoms with E-state index in [1.54, 1.807) is 11.8 Å². The van der Waals surface area contributed by atoms with Gasteiger partial charge in [0.1, 0.15) is 0 Å². The molecule has 0 aliphatic carbocycles. The first-order valence-electron chi connectivity index (χ1n) is 7.13. The number of piperazine rings is 1. The van der Waals surface area contributed by atoms with Crippen LogP contribution in [-0.4, -0.2) is 54.0 Å². The topological polar surface area (TPSA) is 78.7 Å². The average Bonchev–Trinajstić information content (AvgIpc) is 2.46. The fourth-order valence-corrected chi connectivity index (χ4v) is 2.42. The van der Waals surface area contributed by atoms with E-state index in [9.17, 15) is 9.59 Å². The van der Waals surface area contributed by atoms with Gasteiger partial charge in [-0.25, -0.2) is 4.79 Å². The minimum atomic E-state index is -0.326. The van der Waals surface area contributed by atoms with E-state index >= 15 is 0 Å². The number of rotatable bonds is 3. The smallest absolute Gasteiger partial charge is 0.321 e. The van der Waals surface area contributed by atoms with Crippen molar-refractivity contribution in [3.63, 3.8) is 0 Å². The Bertz CT molecular complexity index is 524. The molecule has 1 atom stereocenters. The Morgan fingerprint density at radius 1 is 1.24 bits per heavy atom. The number of primary amides is 1. The van der Waals surface area contributed by atoms with E-state index in [0.717, 1.165) is 11.3 Å². The molecule has 3 N–H and O–H groups in total. The summed E-state index contributed by atoms with van der Waals surface area (Å²) in [7, 11) is 0. The van der Waals surface area contributed by atoms with Crippen LogP contribution in [0.4, 0.5) is 10.5 Å². The first kappa shape index (κ1) is 15.3. The SMILES string of the molecule is Cc1cccc(NC(=O)N2CCN([C@@H](C)C(N)=O)CC2)c1. The number of benzene rings is 1. The predicted molar refractivity (Wildman–Crippen MR) is 82.0 cm³/mol. The second-order valence-electron chi connectivity index (χ2n) is 5.40. The zero-order valence-corrected chi connectivity index (χ0v) is 12.5. The molecule has 114 valence electrons. The lowest BCUT2D eigenvalue weighted by molar-refractivity contribution is -0.123. The van der Waals surface area contributed by atoms with Gasteiger partial charge in [-0.1, -0.05) is 12.1 Å². The second-order valence-corrected chi connectivity index (χ2v) is 5.40. The van der Waals surface area contributed by atoms with Gasteiger partial charge in [0.2, 0.25) is 5.91 Å². The van der Waals surface area contributed by atoms with Crippen molar-refractivity contribution in [2.45, 2.75) is 19.9 Å². The maximum Gasteiger partial charge on any atom is 0.321 e. The molecule has 0 spiro atoms. The number of anilines is 1. The van der Waals surface area contributed by atoms with Crippen LogP contribution in [0.15, 0.2) is 24.3 Å². The van der Waals surface area contributed by atoms with E-state index < -0.39 is 0 Å². The number of aryl methyl sites for hydroxylation is 1. The van der Waals surface area contributed by atoms with Crippen molar-refractivity contribution >= 4 is 17.6 Å². The minimum Gasteiger partial charge on any atom is -0.368 e. The third-order valence-electron chi connectivity index (χ3n) is 3.83. The largest absolute Gasteiger partial charge is 0.368 e. The zero-order valence-electron chi connectivity index (χ0n) is 12.5. The van der Waals surface area contributed by atoms with Crippen molar-refractivity contribution in [1.29, 1.82) is 0 Å². The van der Waals surface area contributed by atoms with E-state index in [0.29, 0.717) is 26.2 Å². The van der Waals surface area contributed by atoms with E-state index in [4.69, 9.17) is 5.73 Å². The Morgan fingerprint density at radius 3 is 2.48 bits per heavy atom. The fraction of sp³-hybridized carbons (Fsp3) is 0.467. The van der Waals surface area contributed by atoms with E-state index in [1.165, 1.54) is 0 Å². The standard InChI is InChI=1S/C15H22N4O2/c1-11-4-3-5-13(10-11)17-15(21)19-8-6-18(7-9-19)12(2)14(16)20/h3-5,10,12H,6-9H2,1-2H3,(H2,16,20)(H,17,21)/t12-/m0/s1. The quantitative estimate of drug-likeness (QED) is 0.872.